The van der Waals surface area contributed by atoms with Crippen molar-refractivity contribution in [3.63, 3.8) is 0 Å². The van der Waals surface area contributed by atoms with E-state index in [4.69, 9.17) is 4.74 Å². The number of aromatic nitrogens is 1. The molecule has 0 atom stereocenters. The fourth-order valence-electron chi connectivity index (χ4n) is 2.94. The van der Waals surface area contributed by atoms with Crippen LogP contribution in [0.5, 0.6) is 0 Å². The topological polar surface area (TPSA) is 49.8 Å². The van der Waals surface area contributed by atoms with Crippen molar-refractivity contribution in [3.05, 3.63) is 65.3 Å². The maximum Gasteiger partial charge on any atom is 0.203 e. The number of thiazole rings is 1. The van der Waals surface area contributed by atoms with Crippen molar-refractivity contribution in [2.24, 2.45) is 5.10 Å². The second-order valence-corrected chi connectivity index (χ2v) is 6.93. The lowest BCUT2D eigenvalue weighted by atomic mass is 10.1. The van der Waals surface area contributed by atoms with Crippen LogP contribution in [0.15, 0.2) is 59.0 Å². The van der Waals surface area contributed by atoms with Gasteiger partial charge in [0.15, 0.2) is 0 Å². The van der Waals surface area contributed by atoms with Crippen LogP contribution in [-0.2, 0) is 4.74 Å². The van der Waals surface area contributed by atoms with Gasteiger partial charge < -0.3 is 9.64 Å². The van der Waals surface area contributed by atoms with Gasteiger partial charge in [-0.1, -0.05) is 30.3 Å². The van der Waals surface area contributed by atoms with E-state index in [1.807, 2.05) is 35.7 Å². The molecule has 2 aromatic carbocycles. The minimum Gasteiger partial charge on any atom is -0.378 e. The molecule has 0 unspecified atom stereocenters. The van der Waals surface area contributed by atoms with Crippen molar-refractivity contribution >= 4 is 28.4 Å². The summed E-state index contributed by atoms with van der Waals surface area (Å²) in [4.78, 5) is 6.72. The Morgan fingerprint density at radius 2 is 1.96 bits per heavy atom. The minimum atomic E-state index is -0.283. The molecule has 1 aliphatic rings. The summed E-state index contributed by atoms with van der Waals surface area (Å²) in [5.74, 6) is -0.283. The van der Waals surface area contributed by atoms with Gasteiger partial charge in [0.05, 0.1) is 25.1 Å². The summed E-state index contributed by atoms with van der Waals surface area (Å²) < 4.78 is 19.1. The number of hydrogen-bond acceptors (Lipinski definition) is 6. The number of nitrogens with one attached hydrogen (secondary N) is 1. The molecule has 1 saturated heterocycles. The second-order valence-electron chi connectivity index (χ2n) is 6.08. The number of anilines is 2. The van der Waals surface area contributed by atoms with E-state index in [9.17, 15) is 4.39 Å². The number of hydrazone groups is 1. The first kappa shape index (κ1) is 17.6. The van der Waals surface area contributed by atoms with Crippen LogP contribution in [0.3, 0.4) is 0 Å². The van der Waals surface area contributed by atoms with Crippen LogP contribution in [0.4, 0.5) is 15.2 Å². The van der Waals surface area contributed by atoms with Crippen molar-refractivity contribution in [3.8, 4) is 11.3 Å². The molecule has 0 spiro atoms. The maximum atomic E-state index is 13.7. The zero-order valence-corrected chi connectivity index (χ0v) is 15.5. The van der Waals surface area contributed by atoms with Gasteiger partial charge in [-0.15, -0.1) is 11.3 Å². The predicted molar refractivity (Wildman–Crippen MR) is 108 cm³/mol. The fourth-order valence-corrected chi connectivity index (χ4v) is 3.61. The largest absolute Gasteiger partial charge is 0.378 e. The highest BCUT2D eigenvalue weighted by Gasteiger charge is 2.14. The van der Waals surface area contributed by atoms with Crippen LogP contribution in [0, 0.1) is 5.82 Å². The Labute approximate surface area is 161 Å². The molecule has 138 valence electrons. The Hall–Kier alpha value is -2.77. The Morgan fingerprint density at radius 3 is 2.78 bits per heavy atom. The highest BCUT2D eigenvalue weighted by Crippen LogP contribution is 2.25. The SMILES string of the molecule is Fc1ccc(N2CCOCC2)c(C=NNc2nc(-c3ccccc3)cs2)c1. The quantitative estimate of drug-likeness (QED) is 0.530. The number of morpholine rings is 1. The molecule has 27 heavy (non-hydrogen) atoms. The van der Waals surface area contributed by atoms with E-state index in [0.29, 0.717) is 18.3 Å². The second kappa shape index (κ2) is 8.28. The summed E-state index contributed by atoms with van der Waals surface area (Å²) in [5, 5.41) is 6.93. The van der Waals surface area contributed by atoms with Gasteiger partial charge in [0.2, 0.25) is 5.13 Å². The number of nitrogens with zero attached hydrogens (tertiary/aromatic N) is 3. The molecule has 1 aromatic heterocycles. The summed E-state index contributed by atoms with van der Waals surface area (Å²) in [6.07, 6.45) is 1.64. The molecule has 1 N–H and O–H groups in total. The predicted octanol–water partition coefficient (Wildman–Crippen LogP) is 4.23. The van der Waals surface area contributed by atoms with Gasteiger partial charge in [0.1, 0.15) is 5.82 Å². The van der Waals surface area contributed by atoms with Gasteiger partial charge in [-0.3, -0.25) is 5.43 Å². The third-order valence-corrected chi connectivity index (χ3v) is 5.03. The van der Waals surface area contributed by atoms with E-state index in [0.717, 1.165) is 35.6 Å². The van der Waals surface area contributed by atoms with Crippen LogP contribution in [-0.4, -0.2) is 37.5 Å². The van der Waals surface area contributed by atoms with Gasteiger partial charge in [-0.05, 0) is 18.2 Å². The molecule has 0 aliphatic carbocycles. The normalized spacial score (nSPS) is 14.6. The number of ether oxygens (including phenoxy) is 1. The Morgan fingerprint density at radius 1 is 1.15 bits per heavy atom. The highest BCUT2D eigenvalue weighted by molar-refractivity contribution is 7.14. The number of hydrogen-bond donors (Lipinski definition) is 1. The van der Waals surface area contributed by atoms with E-state index >= 15 is 0 Å². The van der Waals surface area contributed by atoms with Gasteiger partial charge in [-0.2, -0.15) is 5.10 Å². The number of benzene rings is 2. The number of halogens is 1. The monoisotopic (exact) mass is 382 g/mol. The van der Waals surface area contributed by atoms with Crippen molar-refractivity contribution < 1.29 is 9.13 Å². The third kappa shape index (κ3) is 4.32. The molecule has 0 radical (unpaired) electrons. The Kier molecular flexibility index (Phi) is 5.41. The zero-order chi connectivity index (χ0) is 18.5. The lowest BCUT2D eigenvalue weighted by Crippen LogP contribution is -2.36. The molecule has 3 aromatic rings. The first-order valence-electron chi connectivity index (χ1n) is 8.72. The molecule has 5 nitrogen and oxygen atoms in total. The minimum absolute atomic E-state index is 0.283. The van der Waals surface area contributed by atoms with E-state index in [-0.39, 0.29) is 5.82 Å². The molecule has 0 saturated carbocycles. The highest BCUT2D eigenvalue weighted by atomic mass is 32.1. The average Bonchev–Trinajstić information content (AvgIpc) is 3.18. The Balaban J connectivity index is 1.48. The van der Waals surface area contributed by atoms with E-state index < -0.39 is 0 Å². The molecule has 0 bridgehead atoms. The van der Waals surface area contributed by atoms with Crippen LogP contribution in [0.25, 0.3) is 11.3 Å². The lowest BCUT2D eigenvalue weighted by molar-refractivity contribution is 0.122. The van der Waals surface area contributed by atoms with Crippen molar-refractivity contribution in [1.82, 2.24) is 4.98 Å². The maximum absolute atomic E-state index is 13.7. The van der Waals surface area contributed by atoms with E-state index in [1.165, 1.54) is 23.5 Å². The van der Waals surface area contributed by atoms with Crippen LogP contribution < -0.4 is 10.3 Å². The van der Waals surface area contributed by atoms with Crippen LogP contribution in [0.2, 0.25) is 0 Å². The molecule has 1 fully saturated rings. The smallest absolute Gasteiger partial charge is 0.203 e. The average molecular weight is 382 g/mol. The van der Waals surface area contributed by atoms with E-state index in [1.54, 1.807) is 12.3 Å². The standard InChI is InChI=1S/C20H19FN4OS/c21-17-6-7-19(25-8-10-26-11-9-25)16(12-17)13-22-24-20-23-18(14-27-20)15-4-2-1-3-5-15/h1-7,12-14H,8-11H2,(H,23,24). The third-order valence-electron chi connectivity index (χ3n) is 4.28. The summed E-state index contributed by atoms with van der Waals surface area (Å²) in [6.45, 7) is 2.92. The molecular weight excluding hydrogens is 363 g/mol. The van der Waals surface area contributed by atoms with Gasteiger partial charge >= 0.3 is 0 Å². The van der Waals surface area contributed by atoms with Crippen molar-refractivity contribution in [2.45, 2.75) is 0 Å². The van der Waals surface area contributed by atoms with E-state index in [2.05, 4.69) is 20.4 Å². The zero-order valence-electron chi connectivity index (χ0n) is 14.6. The molecule has 2 heterocycles. The first-order valence-corrected chi connectivity index (χ1v) is 9.60. The van der Waals surface area contributed by atoms with Gasteiger partial charge in [0.25, 0.3) is 0 Å². The van der Waals surface area contributed by atoms with Gasteiger partial charge in [0, 0.05) is 35.3 Å². The van der Waals surface area contributed by atoms with Gasteiger partial charge in [-0.25, -0.2) is 9.37 Å². The molecule has 0 amide bonds. The first-order chi connectivity index (χ1) is 13.3. The van der Waals surface area contributed by atoms with Crippen LogP contribution in [0.1, 0.15) is 5.56 Å². The molecule has 7 heteroatoms. The van der Waals surface area contributed by atoms with Crippen molar-refractivity contribution in [1.29, 1.82) is 0 Å². The summed E-state index contributed by atoms with van der Waals surface area (Å²) in [7, 11) is 0. The molecule has 1 aliphatic heterocycles. The summed E-state index contributed by atoms with van der Waals surface area (Å²) in [5.41, 5.74) is 6.58. The van der Waals surface area contributed by atoms with Crippen molar-refractivity contribution in [2.75, 3.05) is 36.6 Å². The number of rotatable bonds is 5. The lowest BCUT2D eigenvalue weighted by Gasteiger charge is -2.30. The summed E-state index contributed by atoms with van der Waals surface area (Å²) in [6, 6.07) is 14.7. The Bertz CT molecular complexity index is 923. The summed E-state index contributed by atoms with van der Waals surface area (Å²) >= 11 is 1.48. The molecule has 4 rings (SSSR count). The van der Waals surface area contributed by atoms with Crippen LogP contribution >= 0.6 is 11.3 Å². The molecular formula is C20H19FN4OS. The fraction of sp³-hybridized carbons (Fsp3) is 0.200.